The second-order valence-electron chi connectivity index (χ2n) is 16.9. The first-order valence-corrected chi connectivity index (χ1v) is 20.8. The molecule has 0 unspecified atom stereocenters. The van der Waals surface area contributed by atoms with Crippen LogP contribution in [0.4, 0.5) is 11.4 Å². The predicted molar refractivity (Wildman–Crippen MR) is 246 cm³/mol. The lowest BCUT2D eigenvalue weighted by molar-refractivity contribution is 0.660. The first-order chi connectivity index (χ1) is 29.0. The van der Waals surface area contributed by atoms with E-state index in [0.29, 0.717) is 0 Å². The summed E-state index contributed by atoms with van der Waals surface area (Å²) in [5.41, 5.74) is 24.7. The van der Waals surface area contributed by atoms with E-state index < -0.39 is 5.41 Å². The van der Waals surface area contributed by atoms with Crippen molar-refractivity contribution in [1.82, 2.24) is 0 Å². The van der Waals surface area contributed by atoms with Gasteiger partial charge < -0.3 is 5.32 Å². The second kappa shape index (κ2) is 12.6. The summed E-state index contributed by atoms with van der Waals surface area (Å²) in [6, 6.07) is 76.7. The van der Waals surface area contributed by atoms with Crippen LogP contribution in [0.15, 0.2) is 206 Å². The largest absolute Gasteiger partial charge is 0.355 e. The van der Waals surface area contributed by atoms with Crippen molar-refractivity contribution in [2.24, 2.45) is 0 Å². The Balaban J connectivity index is 1.13. The SMILES string of the molecule is CC1(C)c2ccccc2-c2ccc(-c3cc4c(cc3Nc3ccc(-c5ccccc5)cc3-c3ccccc3)C3(c5ccccc5-c5ccccc53)c3ccccc3-4)cc21. The zero-order chi connectivity index (χ0) is 39.3. The average Bonchev–Trinajstić information content (AvgIpc) is 3.85. The van der Waals surface area contributed by atoms with E-state index in [4.69, 9.17) is 0 Å². The molecule has 0 aliphatic heterocycles. The predicted octanol–water partition coefficient (Wildman–Crippen LogP) is 15.1. The molecular formula is C58H41N. The third kappa shape index (κ3) is 4.79. The van der Waals surface area contributed by atoms with Crippen molar-refractivity contribution in [2.45, 2.75) is 24.7 Å². The molecule has 1 heteroatoms. The van der Waals surface area contributed by atoms with Gasteiger partial charge in [0.05, 0.1) is 5.41 Å². The molecule has 278 valence electrons. The molecule has 3 aliphatic carbocycles. The van der Waals surface area contributed by atoms with Gasteiger partial charge in [-0.2, -0.15) is 0 Å². The molecule has 0 amide bonds. The Hall–Kier alpha value is -7.22. The van der Waals surface area contributed by atoms with Gasteiger partial charge in [-0.15, -0.1) is 0 Å². The highest BCUT2D eigenvalue weighted by Gasteiger charge is 2.52. The average molecular weight is 752 g/mol. The summed E-state index contributed by atoms with van der Waals surface area (Å²) in [5, 5.41) is 4.13. The van der Waals surface area contributed by atoms with Crippen LogP contribution in [0, 0.1) is 0 Å². The van der Waals surface area contributed by atoms with E-state index >= 15 is 0 Å². The van der Waals surface area contributed by atoms with Crippen LogP contribution in [0.1, 0.15) is 47.2 Å². The maximum absolute atomic E-state index is 4.13. The summed E-state index contributed by atoms with van der Waals surface area (Å²) in [4.78, 5) is 0. The van der Waals surface area contributed by atoms with Gasteiger partial charge in [-0.05, 0) is 119 Å². The van der Waals surface area contributed by atoms with Gasteiger partial charge >= 0.3 is 0 Å². The number of fused-ring (bicyclic) bond motifs is 13. The molecule has 9 aromatic rings. The van der Waals surface area contributed by atoms with E-state index in [0.717, 1.165) is 11.4 Å². The van der Waals surface area contributed by atoms with E-state index in [1.54, 1.807) is 0 Å². The molecule has 1 N–H and O–H groups in total. The van der Waals surface area contributed by atoms with Crippen molar-refractivity contribution in [3.63, 3.8) is 0 Å². The number of hydrogen-bond acceptors (Lipinski definition) is 1. The molecule has 9 aromatic carbocycles. The van der Waals surface area contributed by atoms with E-state index in [-0.39, 0.29) is 5.41 Å². The van der Waals surface area contributed by atoms with Gasteiger partial charge in [0.15, 0.2) is 0 Å². The second-order valence-corrected chi connectivity index (χ2v) is 16.9. The fraction of sp³-hybridized carbons (Fsp3) is 0.0690. The quantitative estimate of drug-likeness (QED) is 0.185. The van der Waals surface area contributed by atoms with Gasteiger partial charge in [0.1, 0.15) is 0 Å². The Morgan fingerprint density at radius 1 is 0.271 bits per heavy atom. The summed E-state index contributed by atoms with van der Waals surface area (Å²) in [6.07, 6.45) is 0. The Morgan fingerprint density at radius 2 is 0.746 bits per heavy atom. The molecule has 0 radical (unpaired) electrons. The maximum Gasteiger partial charge on any atom is 0.0726 e. The summed E-state index contributed by atoms with van der Waals surface area (Å²) in [6.45, 7) is 4.75. The number of anilines is 2. The third-order valence-electron chi connectivity index (χ3n) is 13.5. The topological polar surface area (TPSA) is 12.0 Å². The van der Waals surface area contributed by atoms with Gasteiger partial charge in [0.2, 0.25) is 0 Å². The zero-order valence-corrected chi connectivity index (χ0v) is 33.1. The van der Waals surface area contributed by atoms with Gasteiger partial charge in [-0.25, -0.2) is 0 Å². The molecule has 0 saturated carbocycles. The maximum atomic E-state index is 4.13. The minimum absolute atomic E-state index is 0.117. The first kappa shape index (κ1) is 33.9. The lowest BCUT2D eigenvalue weighted by Gasteiger charge is -2.31. The summed E-state index contributed by atoms with van der Waals surface area (Å²) >= 11 is 0. The van der Waals surface area contributed by atoms with E-state index in [1.165, 1.54) is 100 Å². The van der Waals surface area contributed by atoms with Gasteiger partial charge in [-0.1, -0.05) is 190 Å². The summed E-state index contributed by atoms with van der Waals surface area (Å²) in [5.74, 6) is 0. The Labute approximate surface area is 346 Å². The normalized spacial score (nSPS) is 14.2. The summed E-state index contributed by atoms with van der Waals surface area (Å²) < 4.78 is 0. The van der Waals surface area contributed by atoms with Crippen LogP contribution in [0.25, 0.3) is 66.8 Å². The summed E-state index contributed by atoms with van der Waals surface area (Å²) in [7, 11) is 0. The lowest BCUT2D eigenvalue weighted by atomic mass is 9.70. The van der Waals surface area contributed by atoms with E-state index in [2.05, 4.69) is 225 Å². The van der Waals surface area contributed by atoms with Crippen molar-refractivity contribution in [2.75, 3.05) is 5.32 Å². The molecule has 0 bridgehead atoms. The third-order valence-corrected chi connectivity index (χ3v) is 13.5. The van der Waals surface area contributed by atoms with E-state index in [1.807, 2.05) is 0 Å². The van der Waals surface area contributed by atoms with Crippen LogP contribution in [0.3, 0.4) is 0 Å². The van der Waals surface area contributed by atoms with Gasteiger partial charge in [0, 0.05) is 27.9 Å². The fourth-order valence-electron chi connectivity index (χ4n) is 10.8. The van der Waals surface area contributed by atoms with Gasteiger partial charge in [-0.3, -0.25) is 0 Å². The van der Waals surface area contributed by atoms with Crippen LogP contribution >= 0.6 is 0 Å². The van der Waals surface area contributed by atoms with Crippen molar-refractivity contribution < 1.29 is 0 Å². The van der Waals surface area contributed by atoms with Crippen LogP contribution in [0.2, 0.25) is 0 Å². The molecule has 0 aromatic heterocycles. The molecule has 1 nitrogen and oxygen atoms in total. The molecule has 1 spiro atoms. The Morgan fingerprint density at radius 3 is 1.37 bits per heavy atom. The van der Waals surface area contributed by atoms with Crippen molar-refractivity contribution in [3.05, 3.63) is 240 Å². The van der Waals surface area contributed by atoms with E-state index in [9.17, 15) is 0 Å². The highest BCUT2D eigenvalue weighted by atomic mass is 14.9. The molecule has 0 saturated heterocycles. The number of nitrogens with one attached hydrogen (secondary N) is 1. The molecule has 59 heavy (non-hydrogen) atoms. The molecule has 12 rings (SSSR count). The van der Waals surface area contributed by atoms with Crippen LogP contribution < -0.4 is 5.32 Å². The lowest BCUT2D eigenvalue weighted by Crippen LogP contribution is -2.26. The minimum Gasteiger partial charge on any atom is -0.355 e. The number of rotatable bonds is 5. The number of benzene rings is 9. The highest BCUT2D eigenvalue weighted by Crippen LogP contribution is 2.64. The first-order valence-electron chi connectivity index (χ1n) is 20.8. The molecular weight excluding hydrogens is 711 g/mol. The smallest absolute Gasteiger partial charge is 0.0726 e. The zero-order valence-electron chi connectivity index (χ0n) is 33.1. The van der Waals surface area contributed by atoms with Crippen LogP contribution in [0.5, 0.6) is 0 Å². The van der Waals surface area contributed by atoms with Crippen LogP contribution in [-0.4, -0.2) is 0 Å². The monoisotopic (exact) mass is 751 g/mol. The standard InChI is InChI=1S/C58H41N/c1-57(2)49-25-13-9-21-41(49)45-31-29-40(34-53(45)57)47-35-48-44-24-12-16-28-52(44)58(50-26-14-10-22-42(50)43-23-11-15-27-51(43)58)54(48)36-56(47)59-55-32-30-39(37-17-5-3-6-18-37)33-46(55)38-19-7-4-8-20-38/h3-36,59H,1-2H3. The highest BCUT2D eigenvalue weighted by molar-refractivity contribution is 6.00. The van der Waals surface area contributed by atoms with Gasteiger partial charge in [0.25, 0.3) is 0 Å². The molecule has 0 atom stereocenters. The Kier molecular flexibility index (Phi) is 7.26. The molecule has 3 aliphatic rings. The van der Waals surface area contributed by atoms with Crippen molar-refractivity contribution in [1.29, 1.82) is 0 Å². The van der Waals surface area contributed by atoms with Crippen molar-refractivity contribution in [3.8, 4) is 66.8 Å². The molecule has 0 heterocycles. The van der Waals surface area contributed by atoms with Crippen LogP contribution in [-0.2, 0) is 10.8 Å². The minimum atomic E-state index is -0.449. The van der Waals surface area contributed by atoms with Crippen molar-refractivity contribution >= 4 is 11.4 Å². The number of hydrogen-bond donors (Lipinski definition) is 1. The Bertz CT molecular complexity index is 3110. The fourth-order valence-corrected chi connectivity index (χ4v) is 10.8. The molecule has 0 fully saturated rings.